The minimum absolute atomic E-state index is 0.0555. The minimum atomic E-state index is -4.10. The maximum Gasteiger partial charge on any atom is 0.393 e. The zero-order chi connectivity index (χ0) is 15.3. The van der Waals surface area contributed by atoms with E-state index >= 15 is 0 Å². The molecule has 1 unspecified atom stereocenters. The fourth-order valence-electron chi connectivity index (χ4n) is 2.76. The van der Waals surface area contributed by atoms with Crippen LogP contribution in [-0.4, -0.2) is 36.5 Å². The number of hydrogen-bond donors (Lipinski definition) is 0. The molecule has 1 aliphatic rings. The average molecular weight is 299 g/mol. The monoisotopic (exact) mass is 299 g/mol. The Labute approximate surface area is 122 Å². The van der Waals surface area contributed by atoms with Crippen molar-refractivity contribution in [2.45, 2.75) is 31.9 Å². The number of rotatable bonds is 5. The van der Waals surface area contributed by atoms with Crippen LogP contribution < -0.4 is 0 Å². The Hall–Kier alpha value is -1.36. The fraction of sp³-hybridized carbons (Fsp3) is 0.562. The molecular formula is C16H20F3NO. The molecule has 1 atom stereocenters. The zero-order valence-corrected chi connectivity index (χ0v) is 11.9. The number of halogens is 3. The van der Waals surface area contributed by atoms with E-state index in [9.17, 15) is 18.0 Å². The molecule has 0 bridgehead atoms. The Balaban J connectivity index is 1.75. The molecule has 21 heavy (non-hydrogen) atoms. The van der Waals surface area contributed by atoms with E-state index in [2.05, 4.69) is 0 Å². The third-order valence-corrected chi connectivity index (χ3v) is 3.94. The van der Waals surface area contributed by atoms with Crippen LogP contribution in [0.5, 0.6) is 0 Å². The van der Waals surface area contributed by atoms with E-state index in [0.29, 0.717) is 37.9 Å². The number of nitrogens with zero attached hydrogens (tertiary/aromatic N) is 1. The maximum absolute atomic E-state index is 12.7. The smallest absolute Gasteiger partial charge is 0.303 e. The predicted octanol–water partition coefficient (Wildman–Crippen LogP) is 3.92. The van der Waals surface area contributed by atoms with E-state index in [4.69, 9.17) is 0 Å². The molecule has 1 aromatic carbocycles. The molecular weight excluding hydrogens is 279 g/mol. The van der Waals surface area contributed by atoms with Gasteiger partial charge in [0.05, 0.1) is 5.92 Å². The molecule has 0 radical (unpaired) electrons. The van der Waals surface area contributed by atoms with E-state index in [1.54, 1.807) is 12.1 Å². The number of alkyl halides is 3. The molecule has 1 aromatic rings. The summed E-state index contributed by atoms with van der Waals surface area (Å²) in [6.45, 7) is 1.33. The molecule has 2 rings (SSSR count). The van der Waals surface area contributed by atoms with Crippen molar-refractivity contribution in [2.24, 2.45) is 5.92 Å². The van der Waals surface area contributed by atoms with Gasteiger partial charge < -0.3 is 4.90 Å². The molecule has 1 fully saturated rings. The molecule has 0 aliphatic carbocycles. The van der Waals surface area contributed by atoms with E-state index < -0.39 is 12.1 Å². The first-order valence-electron chi connectivity index (χ1n) is 7.34. The van der Waals surface area contributed by atoms with Gasteiger partial charge in [-0.15, -0.1) is 0 Å². The summed E-state index contributed by atoms with van der Waals surface area (Å²) >= 11 is 0. The fourth-order valence-corrected chi connectivity index (χ4v) is 2.76. The lowest BCUT2D eigenvalue weighted by Crippen LogP contribution is -2.42. The van der Waals surface area contributed by atoms with Crippen LogP contribution >= 0.6 is 0 Å². The van der Waals surface area contributed by atoms with Gasteiger partial charge >= 0.3 is 6.18 Å². The lowest BCUT2D eigenvalue weighted by Gasteiger charge is -2.33. The molecule has 116 valence electrons. The van der Waals surface area contributed by atoms with Gasteiger partial charge in [-0.2, -0.15) is 13.2 Å². The topological polar surface area (TPSA) is 20.3 Å². The van der Waals surface area contributed by atoms with Crippen LogP contribution in [0.3, 0.4) is 0 Å². The highest BCUT2D eigenvalue weighted by Crippen LogP contribution is 2.33. The second-order valence-corrected chi connectivity index (χ2v) is 5.57. The average Bonchev–Trinajstić information content (AvgIpc) is 2.47. The van der Waals surface area contributed by atoms with Crippen LogP contribution in [0, 0.1) is 5.92 Å². The van der Waals surface area contributed by atoms with Gasteiger partial charge in [-0.1, -0.05) is 30.3 Å². The first-order chi connectivity index (χ1) is 9.97. The van der Waals surface area contributed by atoms with E-state index in [1.807, 2.05) is 23.1 Å². The Kier molecular flexibility index (Phi) is 5.39. The first-order valence-corrected chi connectivity index (χ1v) is 7.34. The van der Waals surface area contributed by atoms with Crippen LogP contribution in [0.15, 0.2) is 30.3 Å². The number of benzene rings is 1. The van der Waals surface area contributed by atoms with E-state index in [1.165, 1.54) is 0 Å². The largest absolute Gasteiger partial charge is 0.393 e. The van der Waals surface area contributed by atoms with Crippen molar-refractivity contribution in [2.75, 3.05) is 19.6 Å². The van der Waals surface area contributed by atoms with Gasteiger partial charge in [0, 0.05) is 18.5 Å². The number of ketones is 1. The number of carbonyl (C=O) groups is 1. The van der Waals surface area contributed by atoms with E-state index in [0.717, 1.165) is 0 Å². The summed E-state index contributed by atoms with van der Waals surface area (Å²) in [5.41, 5.74) is 0.671. The second kappa shape index (κ2) is 7.07. The summed E-state index contributed by atoms with van der Waals surface area (Å²) in [6.07, 6.45) is -2.30. The van der Waals surface area contributed by atoms with Crippen LogP contribution in [-0.2, 0) is 0 Å². The molecule has 1 saturated heterocycles. The number of hydrogen-bond acceptors (Lipinski definition) is 2. The van der Waals surface area contributed by atoms with Crippen LogP contribution in [0.25, 0.3) is 0 Å². The second-order valence-electron chi connectivity index (χ2n) is 5.57. The minimum Gasteiger partial charge on any atom is -0.303 e. The first kappa shape index (κ1) is 16.0. The van der Waals surface area contributed by atoms with Gasteiger partial charge in [0.2, 0.25) is 0 Å². The van der Waals surface area contributed by atoms with Crippen molar-refractivity contribution in [3.05, 3.63) is 35.9 Å². The molecule has 0 N–H and O–H groups in total. The van der Waals surface area contributed by atoms with Crippen molar-refractivity contribution in [1.29, 1.82) is 0 Å². The van der Waals surface area contributed by atoms with Crippen LogP contribution in [0.1, 0.15) is 36.0 Å². The molecule has 0 saturated carbocycles. The summed E-state index contributed by atoms with van der Waals surface area (Å²) in [5.74, 6) is -1.16. The molecule has 1 heterocycles. The van der Waals surface area contributed by atoms with Gasteiger partial charge in [-0.25, -0.2) is 0 Å². The third-order valence-electron chi connectivity index (χ3n) is 3.94. The highest BCUT2D eigenvalue weighted by atomic mass is 19.4. The third kappa shape index (κ3) is 4.84. The van der Waals surface area contributed by atoms with Crippen molar-refractivity contribution in [1.82, 2.24) is 4.90 Å². The highest BCUT2D eigenvalue weighted by molar-refractivity contribution is 5.95. The maximum atomic E-state index is 12.7. The Morgan fingerprint density at radius 2 is 1.95 bits per heavy atom. The van der Waals surface area contributed by atoms with Gasteiger partial charge in [0.25, 0.3) is 0 Å². The standard InChI is InChI=1S/C16H20F3NO/c17-16(18,19)14-8-4-10-20(12-14)11-5-9-15(21)13-6-2-1-3-7-13/h1-3,6-7,14H,4-5,8-12H2. The Morgan fingerprint density at radius 1 is 1.24 bits per heavy atom. The number of carbonyl (C=O) groups excluding carboxylic acids is 1. The van der Waals surface area contributed by atoms with Gasteiger partial charge in [-0.3, -0.25) is 4.79 Å². The summed E-state index contributed by atoms with van der Waals surface area (Å²) in [5, 5.41) is 0. The summed E-state index contributed by atoms with van der Waals surface area (Å²) in [4.78, 5) is 13.7. The summed E-state index contributed by atoms with van der Waals surface area (Å²) < 4.78 is 38.1. The zero-order valence-electron chi connectivity index (χ0n) is 11.9. The number of likely N-dealkylation sites (tertiary alicyclic amines) is 1. The van der Waals surface area contributed by atoms with E-state index in [-0.39, 0.29) is 18.7 Å². The van der Waals surface area contributed by atoms with Crippen LogP contribution in [0.2, 0.25) is 0 Å². The molecule has 2 nitrogen and oxygen atoms in total. The highest BCUT2D eigenvalue weighted by Gasteiger charge is 2.41. The lowest BCUT2D eigenvalue weighted by atomic mass is 9.97. The quantitative estimate of drug-likeness (QED) is 0.768. The lowest BCUT2D eigenvalue weighted by molar-refractivity contribution is -0.186. The Bertz CT molecular complexity index is 458. The van der Waals surface area contributed by atoms with Gasteiger partial charge in [0.15, 0.2) is 5.78 Å². The number of piperidine rings is 1. The predicted molar refractivity (Wildman–Crippen MR) is 75.2 cm³/mol. The van der Waals surface area contributed by atoms with Crippen LogP contribution in [0.4, 0.5) is 13.2 Å². The molecule has 0 aromatic heterocycles. The van der Waals surface area contributed by atoms with Crippen molar-refractivity contribution in [3.63, 3.8) is 0 Å². The number of Topliss-reactive ketones (excluding diaryl/α,β-unsaturated/α-hetero) is 1. The molecule has 0 amide bonds. The van der Waals surface area contributed by atoms with Gasteiger partial charge in [0.1, 0.15) is 0 Å². The molecule has 0 spiro atoms. The van der Waals surface area contributed by atoms with Crippen molar-refractivity contribution in [3.8, 4) is 0 Å². The van der Waals surface area contributed by atoms with Crippen molar-refractivity contribution < 1.29 is 18.0 Å². The summed E-state index contributed by atoms with van der Waals surface area (Å²) in [6, 6.07) is 9.01. The van der Waals surface area contributed by atoms with Gasteiger partial charge in [-0.05, 0) is 32.4 Å². The SMILES string of the molecule is O=C(CCCN1CCCC(C(F)(F)F)C1)c1ccccc1. The molecule has 5 heteroatoms. The van der Waals surface area contributed by atoms with Crippen molar-refractivity contribution >= 4 is 5.78 Å². The Morgan fingerprint density at radius 3 is 2.62 bits per heavy atom. The molecule has 1 aliphatic heterocycles. The summed E-state index contributed by atoms with van der Waals surface area (Å²) in [7, 11) is 0. The normalized spacial score (nSPS) is 20.4.